The van der Waals surface area contributed by atoms with Gasteiger partial charge in [0.15, 0.2) is 0 Å². The van der Waals surface area contributed by atoms with Crippen molar-refractivity contribution < 1.29 is 19.1 Å². The monoisotopic (exact) mass is 430 g/mol. The van der Waals surface area contributed by atoms with Gasteiger partial charge in [0.05, 0.1) is 19.7 Å². The van der Waals surface area contributed by atoms with E-state index in [-0.39, 0.29) is 36.9 Å². The molecule has 0 saturated heterocycles. The molecule has 30 heavy (non-hydrogen) atoms. The second kappa shape index (κ2) is 10.1. The van der Waals surface area contributed by atoms with Crippen LogP contribution in [-0.4, -0.2) is 62.1 Å². The zero-order valence-electron chi connectivity index (χ0n) is 18.1. The molecular weight excluding hydrogens is 400 g/mol. The lowest BCUT2D eigenvalue weighted by Gasteiger charge is -2.38. The van der Waals surface area contributed by atoms with Crippen LogP contribution in [0, 0.1) is 5.92 Å². The van der Waals surface area contributed by atoms with Crippen LogP contribution in [0.3, 0.4) is 0 Å². The van der Waals surface area contributed by atoms with Gasteiger partial charge in [0.25, 0.3) is 0 Å². The second-order valence-electron chi connectivity index (χ2n) is 7.91. The minimum atomic E-state index is -0.159. The van der Waals surface area contributed by atoms with Gasteiger partial charge in [0.2, 0.25) is 11.8 Å². The highest BCUT2D eigenvalue weighted by Crippen LogP contribution is 2.38. The third-order valence-corrected chi connectivity index (χ3v) is 6.25. The Morgan fingerprint density at radius 3 is 2.57 bits per heavy atom. The van der Waals surface area contributed by atoms with E-state index in [9.17, 15) is 9.59 Å². The maximum atomic E-state index is 13.4. The van der Waals surface area contributed by atoms with Crippen LogP contribution in [0.2, 0.25) is 0 Å². The fourth-order valence-electron chi connectivity index (χ4n) is 3.89. The van der Waals surface area contributed by atoms with Gasteiger partial charge < -0.3 is 19.3 Å². The van der Waals surface area contributed by atoms with E-state index in [0.29, 0.717) is 13.1 Å². The molecule has 1 aliphatic heterocycles. The van der Waals surface area contributed by atoms with E-state index in [1.54, 1.807) is 23.3 Å². The van der Waals surface area contributed by atoms with E-state index >= 15 is 0 Å². The molecule has 162 valence electrons. The standard InChI is InChI=1S/C23H30N2O4S/c1-16(2)13-24(22(27)15-28-3)14-21(26)25-11-9-20-19(10-12-30-20)23(25)17-5-7-18(29-4)8-6-17/h5-8,10,12,16,23H,9,11,13-15H2,1-4H3. The quantitative estimate of drug-likeness (QED) is 0.644. The number of amides is 2. The lowest BCUT2D eigenvalue weighted by Crippen LogP contribution is -2.48. The zero-order chi connectivity index (χ0) is 21.7. The maximum absolute atomic E-state index is 13.4. The van der Waals surface area contributed by atoms with Crippen molar-refractivity contribution in [2.75, 3.05) is 40.5 Å². The number of thiophene rings is 1. The lowest BCUT2D eigenvalue weighted by molar-refractivity contribution is -0.144. The first kappa shape index (κ1) is 22.3. The molecule has 1 aromatic heterocycles. The van der Waals surface area contributed by atoms with Gasteiger partial charge in [-0.2, -0.15) is 0 Å². The molecule has 7 heteroatoms. The minimum Gasteiger partial charge on any atom is -0.497 e. The number of carbonyl (C=O) groups excluding carboxylic acids is 2. The van der Waals surface area contributed by atoms with Crippen molar-refractivity contribution in [1.82, 2.24) is 9.80 Å². The average Bonchev–Trinajstić information content (AvgIpc) is 3.21. The van der Waals surface area contributed by atoms with Crippen LogP contribution in [0.15, 0.2) is 35.7 Å². The molecule has 1 aromatic carbocycles. The number of ether oxygens (including phenoxy) is 2. The van der Waals surface area contributed by atoms with Gasteiger partial charge in [-0.3, -0.25) is 9.59 Å². The van der Waals surface area contributed by atoms with Gasteiger partial charge in [0, 0.05) is 25.1 Å². The van der Waals surface area contributed by atoms with Crippen LogP contribution in [0.4, 0.5) is 0 Å². The summed E-state index contributed by atoms with van der Waals surface area (Å²) in [5.74, 6) is 0.846. The molecule has 0 spiro atoms. The first-order valence-corrected chi connectivity index (χ1v) is 11.1. The Morgan fingerprint density at radius 2 is 1.93 bits per heavy atom. The van der Waals surface area contributed by atoms with Crippen molar-refractivity contribution in [2.24, 2.45) is 5.92 Å². The maximum Gasteiger partial charge on any atom is 0.249 e. The second-order valence-corrected chi connectivity index (χ2v) is 8.91. The fourth-order valence-corrected chi connectivity index (χ4v) is 4.80. The molecule has 0 fully saturated rings. The van der Waals surface area contributed by atoms with E-state index in [0.717, 1.165) is 17.7 Å². The molecule has 3 rings (SSSR count). The third-order valence-electron chi connectivity index (χ3n) is 5.25. The Kier molecular flexibility index (Phi) is 7.50. The smallest absolute Gasteiger partial charge is 0.249 e. The Hall–Kier alpha value is -2.38. The highest BCUT2D eigenvalue weighted by atomic mass is 32.1. The number of hydrogen-bond acceptors (Lipinski definition) is 5. The highest BCUT2D eigenvalue weighted by molar-refractivity contribution is 7.10. The van der Waals surface area contributed by atoms with Gasteiger partial charge in [-0.15, -0.1) is 11.3 Å². The van der Waals surface area contributed by atoms with E-state index in [1.165, 1.54) is 17.6 Å². The SMILES string of the molecule is COCC(=O)N(CC(=O)N1CCc2sccc2C1c1ccc(OC)cc1)CC(C)C. The summed E-state index contributed by atoms with van der Waals surface area (Å²) in [5, 5.41) is 2.09. The summed E-state index contributed by atoms with van der Waals surface area (Å²) in [6.45, 7) is 5.28. The summed E-state index contributed by atoms with van der Waals surface area (Å²) in [7, 11) is 3.14. The van der Waals surface area contributed by atoms with Gasteiger partial charge in [-0.05, 0) is 47.0 Å². The molecule has 2 aromatic rings. The van der Waals surface area contributed by atoms with Gasteiger partial charge in [0.1, 0.15) is 12.4 Å². The van der Waals surface area contributed by atoms with E-state index in [2.05, 4.69) is 11.4 Å². The molecule has 0 aliphatic carbocycles. The molecule has 0 bridgehead atoms. The molecule has 0 radical (unpaired) electrons. The molecule has 2 amide bonds. The predicted molar refractivity (Wildman–Crippen MR) is 118 cm³/mol. The number of rotatable bonds is 8. The van der Waals surface area contributed by atoms with E-state index in [1.807, 2.05) is 43.0 Å². The first-order valence-electron chi connectivity index (χ1n) is 10.2. The summed E-state index contributed by atoms with van der Waals surface area (Å²) in [6, 6.07) is 9.82. The van der Waals surface area contributed by atoms with Crippen molar-refractivity contribution >= 4 is 23.2 Å². The third kappa shape index (κ3) is 5.02. The first-order chi connectivity index (χ1) is 14.4. The molecule has 2 heterocycles. The van der Waals surface area contributed by atoms with Crippen molar-refractivity contribution in [3.63, 3.8) is 0 Å². The lowest BCUT2D eigenvalue weighted by atomic mass is 9.93. The molecule has 1 atom stereocenters. The summed E-state index contributed by atoms with van der Waals surface area (Å²) in [5.41, 5.74) is 2.21. The normalized spacial score (nSPS) is 15.8. The number of fused-ring (bicyclic) bond motifs is 1. The number of nitrogens with zero attached hydrogens (tertiary/aromatic N) is 2. The van der Waals surface area contributed by atoms with Crippen LogP contribution in [-0.2, 0) is 20.7 Å². The Bertz CT molecular complexity index is 862. The topological polar surface area (TPSA) is 59.1 Å². The summed E-state index contributed by atoms with van der Waals surface area (Å²) >= 11 is 1.74. The molecule has 1 unspecified atom stereocenters. The van der Waals surface area contributed by atoms with Crippen molar-refractivity contribution in [2.45, 2.75) is 26.3 Å². The summed E-state index contributed by atoms with van der Waals surface area (Å²) in [6.07, 6.45) is 0.835. The van der Waals surface area contributed by atoms with Gasteiger partial charge in [-0.25, -0.2) is 0 Å². The Balaban J connectivity index is 1.87. The van der Waals surface area contributed by atoms with Crippen LogP contribution in [0.25, 0.3) is 0 Å². The molecule has 0 saturated carbocycles. The van der Waals surface area contributed by atoms with Crippen molar-refractivity contribution in [3.05, 3.63) is 51.7 Å². The number of hydrogen-bond donors (Lipinski definition) is 0. The zero-order valence-corrected chi connectivity index (χ0v) is 18.9. The van der Waals surface area contributed by atoms with Crippen molar-refractivity contribution in [1.29, 1.82) is 0 Å². The van der Waals surface area contributed by atoms with Crippen LogP contribution < -0.4 is 4.74 Å². The van der Waals surface area contributed by atoms with Crippen LogP contribution >= 0.6 is 11.3 Å². The highest BCUT2D eigenvalue weighted by Gasteiger charge is 2.34. The molecule has 0 N–H and O–H groups in total. The molecule has 1 aliphatic rings. The molecule has 6 nitrogen and oxygen atoms in total. The number of carbonyl (C=O) groups is 2. The predicted octanol–water partition coefficient (Wildman–Crippen LogP) is 3.36. The van der Waals surface area contributed by atoms with E-state index in [4.69, 9.17) is 9.47 Å². The Labute approximate surface area is 182 Å². The van der Waals surface area contributed by atoms with Crippen molar-refractivity contribution in [3.8, 4) is 5.75 Å². The average molecular weight is 431 g/mol. The fraction of sp³-hybridized carbons (Fsp3) is 0.478. The molecular formula is C23H30N2O4S. The number of benzene rings is 1. The van der Waals surface area contributed by atoms with Gasteiger partial charge >= 0.3 is 0 Å². The largest absolute Gasteiger partial charge is 0.497 e. The minimum absolute atomic E-state index is 0.0173. The van der Waals surface area contributed by atoms with Gasteiger partial charge in [-0.1, -0.05) is 26.0 Å². The van der Waals surface area contributed by atoms with E-state index < -0.39 is 0 Å². The summed E-state index contributed by atoms with van der Waals surface area (Å²) in [4.78, 5) is 30.7. The van der Waals surface area contributed by atoms with Crippen LogP contribution in [0.5, 0.6) is 5.75 Å². The number of methoxy groups -OCH3 is 2. The Morgan fingerprint density at radius 1 is 1.20 bits per heavy atom. The van der Waals surface area contributed by atoms with Crippen LogP contribution in [0.1, 0.15) is 35.9 Å². The summed E-state index contributed by atoms with van der Waals surface area (Å²) < 4.78 is 10.3.